The summed E-state index contributed by atoms with van der Waals surface area (Å²) in [6.07, 6.45) is 5.65. The number of fused-ring (bicyclic) bond motifs is 1. The summed E-state index contributed by atoms with van der Waals surface area (Å²) in [6, 6.07) is 6.16. The highest BCUT2D eigenvalue weighted by Gasteiger charge is 2.30. The fraction of sp³-hybridized carbons (Fsp3) is 0.429. The summed E-state index contributed by atoms with van der Waals surface area (Å²) in [5.41, 5.74) is 1.64. The lowest BCUT2D eigenvalue weighted by molar-refractivity contribution is 0.0577. The normalized spacial score (nSPS) is 15.0. The lowest BCUT2D eigenvalue weighted by atomic mass is 10.1. The molecule has 0 spiro atoms. The second-order valence-electron chi connectivity index (χ2n) is 7.71. The van der Waals surface area contributed by atoms with Crippen LogP contribution in [0.5, 0.6) is 0 Å². The van der Waals surface area contributed by atoms with Crippen molar-refractivity contribution in [2.24, 2.45) is 5.92 Å². The molecule has 0 aliphatic carbocycles. The van der Waals surface area contributed by atoms with Crippen molar-refractivity contribution in [2.45, 2.75) is 17.9 Å². The number of hydrogen-bond acceptors (Lipinski definition) is 9. The van der Waals surface area contributed by atoms with Crippen LogP contribution in [0.25, 0.3) is 10.2 Å². The molecule has 0 unspecified atom stereocenters. The van der Waals surface area contributed by atoms with Crippen molar-refractivity contribution in [3.05, 3.63) is 36.2 Å². The van der Waals surface area contributed by atoms with Crippen LogP contribution in [-0.2, 0) is 0 Å². The number of thiazole rings is 1. The van der Waals surface area contributed by atoms with Crippen LogP contribution in [0.3, 0.4) is 0 Å². The minimum atomic E-state index is 0.0868. The summed E-state index contributed by atoms with van der Waals surface area (Å²) in [7, 11) is 1.93. The number of nitrogens with zero attached hydrogens (tertiary/aromatic N) is 4. The van der Waals surface area contributed by atoms with Gasteiger partial charge >= 0.3 is 0 Å². The van der Waals surface area contributed by atoms with Gasteiger partial charge in [0.25, 0.3) is 5.91 Å². The molecule has 10 heteroatoms. The molecule has 4 rings (SSSR count). The van der Waals surface area contributed by atoms with Gasteiger partial charge < -0.3 is 20.9 Å². The Hall–Kier alpha value is -2.43. The zero-order chi connectivity index (χ0) is 21.8. The Labute approximate surface area is 190 Å². The maximum absolute atomic E-state index is 12.6. The van der Waals surface area contributed by atoms with Gasteiger partial charge in [-0.1, -0.05) is 18.3 Å². The van der Waals surface area contributed by atoms with Gasteiger partial charge in [-0.15, -0.1) is 11.8 Å². The Bertz CT molecular complexity index is 1030. The zero-order valence-electron chi connectivity index (χ0n) is 17.9. The van der Waals surface area contributed by atoms with Crippen LogP contribution in [0, 0.1) is 5.92 Å². The molecule has 1 fully saturated rings. The summed E-state index contributed by atoms with van der Waals surface area (Å²) in [5, 5.41) is 10.7. The van der Waals surface area contributed by atoms with E-state index < -0.39 is 0 Å². The molecule has 0 saturated carbocycles. The lowest BCUT2D eigenvalue weighted by Crippen LogP contribution is -2.58. The van der Waals surface area contributed by atoms with Gasteiger partial charge in [-0.25, -0.2) is 15.0 Å². The number of likely N-dealkylation sites (N-methyl/N-ethyl adjacent to an activating group) is 1. The van der Waals surface area contributed by atoms with E-state index in [1.807, 2.05) is 48.8 Å². The molecule has 0 radical (unpaired) electrons. The largest absolute Gasteiger partial charge is 0.361 e. The third-order valence-electron chi connectivity index (χ3n) is 5.29. The number of hydrogen-bond donors (Lipinski definition) is 3. The van der Waals surface area contributed by atoms with E-state index in [1.54, 1.807) is 23.1 Å². The molecule has 2 aromatic heterocycles. The maximum Gasteiger partial charge on any atom is 0.254 e. The van der Waals surface area contributed by atoms with E-state index in [4.69, 9.17) is 0 Å². The number of amides is 1. The van der Waals surface area contributed by atoms with Crippen molar-refractivity contribution in [1.82, 2.24) is 25.2 Å². The molecule has 3 aromatic rings. The molecular formula is C21H27N7OS2. The van der Waals surface area contributed by atoms with Crippen molar-refractivity contribution in [3.8, 4) is 0 Å². The molecule has 1 saturated heterocycles. The van der Waals surface area contributed by atoms with Crippen molar-refractivity contribution in [3.63, 3.8) is 0 Å². The Morgan fingerprint density at radius 1 is 1.26 bits per heavy atom. The van der Waals surface area contributed by atoms with Crippen LogP contribution in [0.15, 0.2) is 35.5 Å². The summed E-state index contributed by atoms with van der Waals surface area (Å²) in [5.74, 6) is 1.09. The van der Waals surface area contributed by atoms with E-state index in [0.717, 1.165) is 52.0 Å². The summed E-state index contributed by atoms with van der Waals surface area (Å²) < 4.78 is 1.02. The van der Waals surface area contributed by atoms with Gasteiger partial charge in [0.2, 0.25) is 5.95 Å². The Kier molecular flexibility index (Phi) is 6.89. The van der Waals surface area contributed by atoms with E-state index in [1.165, 1.54) is 0 Å². The van der Waals surface area contributed by atoms with E-state index >= 15 is 0 Å². The second kappa shape index (κ2) is 9.80. The fourth-order valence-corrected chi connectivity index (χ4v) is 4.48. The molecule has 3 heterocycles. The molecule has 1 aliphatic rings. The molecule has 8 nitrogen and oxygen atoms in total. The highest BCUT2D eigenvalue weighted by Crippen LogP contribution is 2.28. The molecule has 1 atom stereocenters. The quantitative estimate of drug-likeness (QED) is 0.422. The highest BCUT2D eigenvalue weighted by molar-refractivity contribution is 7.98. The smallest absolute Gasteiger partial charge is 0.254 e. The number of carbonyl (C=O) groups excluding carboxylic acids is 1. The number of aromatic nitrogens is 3. The molecule has 164 valence electrons. The average molecular weight is 458 g/mol. The molecule has 0 bridgehead atoms. The lowest BCUT2D eigenvalue weighted by Gasteiger charge is -2.39. The van der Waals surface area contributed by atoms with Crippen LogP contribution >= 0.6 is 23.1 Å². The summed E-state index contributed by atoms with van der Waals surface area (Å²) in [6.45, 7) is 5.23. The van der Waals surface area contributed by atoms with E-state index in [9.17, 15) is 4.79 Å². The van der Waals surface area contributed by atoms with Gasteiger partial charge in [0, 0.05) is 55.1 Å². The Morgan fingerprint density at radius 3 is 2.71 bits per heavy atom. The SMILES string of the molecule is CNC1CN(C(=O)c2ccc3nc(NC[C@@H](C)CNc4ncc(SC)cn4)sc3c2)C1. The van der Waals surface area contributed by atoms with Crippen LogP contribution in [0.1, 0.15) is 17.3 Å². The predicted octanol–water partition coefficient (Wildman–Crippen LogP) is 3.01. The van der Waals surface area contributed by atoms with Gasteiger partial charge in [0.15, 0.2) is 5.13 Å². The second-order valence-corrected chi connectivity index (χ2v) is 9.62. The van der Waals surface area contributed by atoms with E-state index in [0.29, 0.717) is 17.9 Å². The third kappa shape index (κ3) is 5.25. The number of rotatable bonds is 9. The van der Waals surface area contributed by atoms with Gasteiger partial charge in [0.1, 0.15) is 0 Å². The first-order valence-electron chi connectivity index (χ1n) is 10.3. The zero-order valence-corrected chi connectivity index (χ0v) is 19.5. The van der Waals surface area contributed by atoms with Crippen molar-refractivity contribution in [1.29, 1.82) is 0 Å². The minimum Gasteiger partial charge on any atom is -0.361 e. The van der Waals surface area contributed by atoms with Gasteiger partial charge in [0.05, 0.1) is 10.2 Å². The van der Waals surface area contributed by atoms with E-state index in [2.05, 4.69) is 37.8 Å². The van der Waals surface area contributed by atoms with Gasteiger partial charge in [-0.3, -0.25) is 4.79 Å². The maximum atomic E-state index is 12.6. The third-order valence-corrected chi connectivity index (χ3v) is 6.94. The van der Waals surface area contributed by atoms with Crippen molar-refractivity contribution < 1.29 is 4.79 Å². The first-order chi connectivity index (χ1) is 15.1. The number of nitrogens with one attached hydrogen (secondary N) is 3. The van der Waals surface area contributed by atoms with Crippen LogP contribution in [0.2, 0.25) is 0 Å². The molecular weight excluding hydrogens is 430 g/mol. The number of benzene rings is 1. The van der Waals surface area contributed by atoms with Crippen molar-refractivity contribution >= 4 is 50.3 Å². The highest BCUT2D eigenvalue weighted by atomic mass is 32.2. The first-order valence-corrected chi connectivity index (χ1v) is 12.3. The minimum absolute atomic E-state index is 0.0868. The first kappa shape index (κ1) is 21.8. The summed E-state index contributed by atoms with van der Waals surface area (Å²) >= 11 is 3.20. The van der Waals surface area contributed by atoms with E-state index in [-0.39, 0.29) is 5.91 Å². The van der Waals surface area contributed by atoms with Crippen LogP contribution < -0.4 is 16.0 Å². The molecule has 1 aromatic carbocycles. The summed E-state index contributed by atoms with van der Waals surface area (Å²) in [4.78, 5) is 28.8. The number of carbonyl (C=O) groups is 1. The molecule has 1 amide bonds. The van der Waals surface area contributed by atoms with Crippen LogP contribution in [0.4, 0.5) is 11.1 Å². The van der Waals surface area contributed by atoms with Crippen molar-refractivity contribution in [2.75, 3.05) is 50.1 Å². The standard InChI is InChI=1S/C21H27N7OS2/c1-13(7-23-20-24-9-16(30-3)10-25-20)8-26-21-27-17-5-4-14(6-18(17)31-21)19(29)28-11-15(12-28)22-2/h4-6,9-10,13,15,22H,7-8,11-12H2,1-3H3,(H,26,27)(H,23,24,25)/t13-/m0/s1. The number of likely N-dealkylation sites (tertiary alicyclic amines) is 1. The van der Waals surface area contributed by atoms with Gasteiger partial charge in [-0.05, 0) is 37.4 Å². The molecule has 31 heavy (non-hydrogen) atoms. The predicted molar refractivity (Wildman–Crippen MR) is 128 cm³/mol. The topological polar surface area (TPSA) is 95.1 Å². The van der Waals surface area contributed by atoms with Gasteiger partial charge in [-0.2, -0.15) is 0 Å². The molecule has 1 aliphatic heterocycles. The number of thioether (sulfide) groups is 1. The fourth-order valence-electron chi connectivity index (χ4n) is 3.25. The Morgan fingerprint density at radius 2 is 2.00 bits per heavy atom. The molecule has 3 N–H and O–H groups in total. The average Bonchev–Trinajstić information content (AvgIpc) is 3.18. The monoisotopic (exact) mass is 457 g/mol. The number of anilines is 2. The Balaban J connectivity index is 1.29. The van der Waals surface area contributed by atoms with Crippen LogP contribution in [-0.4, -0.2) is 71.3 Å².